The molecule has 1 aliphatic heterocycles. The first-order valence-corrected chi connectivity index (χ1v) is 6.77. The number of ether oxygens (including phenoxy) is 1. The lowest BCUT2D eigenvalue weighted by Gasteiger charge is -2.45. The van der Waals surface area contributed by atoms with E-state index in [1.807, 2.05) is 32.6 Å². The molecule has 4 heteroatoms. The minimum absolute atomic E-state index is 0.0198. The lowest BCUT2D eigenvalue weighted by molar-refractivity contribution is -0.0107. The van der Waals surface area contributed by atoms with Gasteiger partial charge in [0.2, 0.25) is 0 Å². The molecule has 0 saturated carbocycles. The number of nitrogens with two attached hydrogens (primary N) is 1. The normalized spacial score (nSPS) is 25.7. The summed E-state index contributed by atoms with van der Waals surface area (Å²) in [5, 5.41) is 0. The third-order valence-corrected chi connectivity index (χ3v) is 3.35. The van der Waals surface area contributed by atoms with Crippen molar-refractivity contribution in [2.75, 3.05) is 6.54 Å². The van der Waals surface area contributed by atoms with Crippen molar-refractivity contribution in [2.45, 2.75) is 72.1 Å². The van der Waals surface area contributed by atoms with E-state index in [1.165, 1.54) is 0 Å². The van der Waals surface area contributed by atoms with Gasteiger partial charge in [-0.3, -0.25) is 0 Å². The first-order valence-electron chi connectivity index (χ1n) is 6.77. The summed E-state index contributed by atoms with van der Waals surface area (Å²) in [6.07, 6.45) is 1.81. The summed E-state index contributed by atoms with van der Waals surface area (Å²) in [6.45, 7) is 12.7. The molecular formula is C14H28N2O2. The topological polar surface area (TPSA) is 55.6 Å². The predicted octanol–water partition coefficient (Wildman–Crippen LogP) is 2.76. The number of nitrogens with zero attached hydrogens (tertiary/aromatic N) is 1. The van der Waals surface area contributed by atoms with Crippen LogP contribution >= 0.6 is 0 Å². The Morgan fingerprint density at radius 2 is 2.00 bits per heavy atom. The quantitative estimate of drug-likeness (QED) is 0.785. The summed E-state index contributed by atoms with van der Waals surface area (Å²) >= 11 is 0. The summed E-state index contributed by atoms with van der Waals surface area (Å²) in [7, 11) is 0. The van der Waals surface area contributed by atoms with Gasteiger partial charge in [0.15, 0.2) is 0 Å². The highest BCUT2D eigenvalue weighted by Gasteiger charge is 2.39. The maximum absolute atomic E-state index is 12.3. The van der Waals surface area contributed by atoms with Crippen molar-refractivity contribution < 1.29 is 9.53 Å². The molecule has 1 heterocycles. The van der Waals surface area contributed by atoms with Crippen molar-refractivity contribution in [1.29, 1.82) is 0 Å². The lowest BCUT2D eigenvalue weighted by Crippen LogP contribution is -2.56. The Hall–Kier alpha value is -0.770. The van der Waals surface area contributed by atoms with E-state index in [1.54, 1.807) is 0 Å². The molecule has 0 aromatic carbocycles. The second-order valence-corrected chi connectivity index (χ2v) is 7.24. The molecule has 1 rings (SSSR count). The van der Waals surface area contributed by atoms with Crippen LogP contribution in [-0.2, 0) is 4.74 Å². The van der Waals surface area contributed by atoms with Crippen LogP contribution in [0.15, 0.2) is 0 Å². The van der Waals surface area contributed by atoms with E-state index in [4.69, 9.17) is 10.5 Å². The van der Waals surface area contributed by atoms with Gasteiger partial charge in [-0.25, -0.2) is 4.79 Å². The van der Waals surface area contributed by atoms with Gasteiger partial charge in [0, 0.05) is 18.6 Å². The van der Waals surface area contributed by atoms with Gasteiger partial charge in [-0.2, -0.15) is 0 Å². The number of carbonyl (C=O) groups excluding carboxylic acids is 1. The van der Waals surface area contributed by atoms with Gasteiger partial charge in [-0.15, -0.1) is 0 Å². The number of hydrogen-bond donors (Lipinski definition) is 1. The van der Waals surface area contributed by atoms with Crippen molar-refractivity contribution in [3.63, 3.8) is 0 Å². The van der Waals surface area contributed by atoms with Gasteiger partial charge in [0.1, 0.15) is 5.60 Å². The lowest BCUT2D eigenvalue weighted by atomic mass is 9.80. The van der Waals surface area contributed by atoms with Crippen molar-refractivity contribution in [3.05, 3.63) is 0 Å². The summed E-state index contributed by atoms with van der Waals surface area (Å²) in [4.78, 5) is 14.1. The average molecular weight is 256 g/mol. The van der Waals surface area contributed by atoms with Gasteiger partial charge >= 0.3 is 6.09 Å². The monoisotopic (exact) mass is 256 g/mol. The fourth-order valence-corrected chi connectivity index (χ4v) is 2.42. The van der Waals surface area contributed by atoms with Gasteiger partial charge in [-0.1, -0.05) is 13.8 Å². The van der Waals surface area contributed by atoms with Crippen LogP contribution in [0.3, 0.4) is 0 Å². The van der Waals surface area contributed by atoms with Crippen LogP contribution in [0.5, 0.6) is 0 Å². The molecule has 106 valence electrons. The molecule has 0 spiro atoms. The Labute approximate surface area is 111 Å². The third kappa shape index (κ3) is 4.16. The SMILES string of the molecule is C[C@@H](N)C1CCC(C)(C)CN1C(=O)OC(C)(C)C. The molecule has 1 fully saturated rings. The number of carbonyl (C=O) groups is 1. The molecule has 1 aliphatic rings. The van der Waals surface area contributed by atoms with Crippen LogP contribution in [0, 0.1) is 5.41 Å². The number of amides is 1. The molecule has 2 N–H and O–H groups in total. The highest BCUT2D eigenvalue weighted by Crippen LogP contribution is 2.33. The smallest absolute Gasteiger partial charge is 0.410 e. The van der Waals surface area contributed by atoms with Crippen LogP contribution in [-0.4, -0.2) is 35.2 Å². The van der Waals surface area contributed by atoms with E-state index >= 15 is 0 Å². The highest BCUT2D eigenvalue weighted by molar-refractivity contribution is 5.69. The maximum atomic E-state index is 12.3. The summed E-state index contributed by atoms with van der Waals surface area (Å²) in [6, 6.07) is 0.0708. The molecule has 0 aromatic heterocycles. The number of hydrogen-bond acceptors (Lipinski definition) is 3. The van der Waals surface area contributed by atoms with E-state index < -0.39 is 5.60 Å². The molecule has 0 bridgehead atoms. The molecular weight excluding hydrogens is 228 g/mol. The molecule has 2 atom stereocenters. The summed E-state index contributed by atoms with van der Waals surface area (Å²) < 4.78 is 5.48. The Morgan fingerprint density at radius 1 is 1.44 bits per heavy atom. The van der Waals surface area contributed by atoms with Crippen molar-refractivity contribution >= 4 is 6.09 Å². The second-order valence-electron chi connectivity index (χ2n) is 7.24. The van der Waals surface area contributed by atoms with E-state index in [-0.39, 0.29) is 23.6 Å². The van der Waals surface area contributed by atoms with Gasteiger partial charge < -0.3 is 15.4 Å². The highest BCUT2D eigenvalue weighted by atomic mass is 16.6. The zero-order chi connectivity index (χ0) is 14.1. The summed E-state index contributed by atoms with van der Waals surface area (Å²) in [5.74, 6) is 0. The molecule has 1 saturated heterocycles. The van der Waals surface area contributed by atoms with E-state index in [2.05, 4.69) is 13.8 Å². The molecule has 1 amide bonds. The van der Waals surface area contributed by atoms with Gasteiger partial charge in [0.05, 0.1) is 0 Å². The summed E-state index contributed by atoms with van der Waals surface area (Å²) in [5.41, 5.74) is 5.68. The Morgan fingerprint density at radius 3 is 2.44 bits per heavy atom. The zero-order valence-electron chi connectivity index (χ0n) is 12.6. The molecule has 18 heavy (non-hydrogen) atoms. The largest absolute Gasteiger partial charge is 0.444 e. The first kappa shape index (κ1) is 15.3. The van der Waals surface area contributed by atoms with E-state index in [0.717, 1.165) is 12.8 Å². The van der Waals surface area contributed by atoms with Crippen LogP contribution in [0.2, 0.25) is 0 Å². The second kappa shape index (κ2) is 5.08. The Balaban J connectivity index is 2.82. The number of piperidine rings is 1. The average Bonchev–Trinajstić information content (AvgIpc) is 2.12. The minimum Gasteiger partial charge on any atom is -0.444 e. The molecule has 0 radical (unpaired) electrons. The minimum atomic E-state index is -0.457. The van der Waals surface area contributed by atoms with Crippen LogP contribution in [0.4, 0.5) is 4.79 Å². The Kier molecular flexibility index (Phi) is 4.31. The zero-order valence-corrected chi connectivity index (χ0v) is 12.6. The fraction of sp³-hybridized carbons (Fsp3) is 0.929. The number of rotatable bonds is 1. The molecule has 0 aromatic rings. The van der Waals surface area contributed by atoms with Crippen molar-refractivity contribution in [1.82, 2.24) is 4.90 Å². The van der Waals surface area contributed by atoms with E-state index in [0.29, 0.717) is 6.54 Å². The van der Waals surface area contributed by atoms with Crippen molar-refractivity contribution in [2.24, 2.45) is 11.1 Å². The van der Waals surface area contributed by atoms with E-state index in [9.17, 15) is 4.79 Å². The molecule has 1 unspecified atom stereocenters. The van der Waals surface area contributed by atoms with Crippen LogP contribution < -0.4 is 5.73 Å². The molecule has 0 aliphatic carbocycles. The van der Waals surface area contributed by atoms with Crippen molar-refractivity contribution in [3.8, 4) is 0 Å². The standard InChI is InChI=1S/C14H28N2O2/c1-10(15)11-7-8-14(5,6)9-16(11)12(17)18-13(2,3)4/h10-11H,7-9,15H2,1-6H3/t10-,11?/m1/s1. The fourth-order valence-electron chi connectivity index (χ4n) is 2.42. The third-order valence-electron chi connectivity index (χ3n) is 3.35. The number of likely N-dealkylation sites (tertiary alicyclic amines) is 1. The predicted molar refractivity (Wildman–Crippen MR) is 73.4 cm³/mol. The van der Waals surface area contributed by atoms with Gasteiger partial charge in [0.25, 0.3) is 0 Å². The van der Waals surface area contributed by atoms with Crippen LogP contribution in [0.1, 0.15) is 54.4 Å². The maximum Gasteiger partial charge on any atom is 0.410 e. The first-order chi connectivity index (χ1) is 8.02. The van der Waals surface area contributed by atoms with Crippen LogP contribution in [0.25, 0.3) is 0 Å². The molecule has 4 nitrogen and oxygen atoms in total. The van der Waals surface area contributed by atoms with Gasteiger partial charge in [-0.05, 0) is 46.0 Å². The Bertz CT molecular complexity index is 305.